The van der Waals surface area contributed by atoms with Crippen LogP contribution in [0.4, 0.5) is 0 Å². The Kier molecular flexibility index (Phi) is 4.13. The molecule has 0 amide bonds. The largest absolute Gasteiger partial charge is 0.618 e. The smallest absolute Gasteiger partial charge is 0.343 e. The Bertz CT molecular complexity index is 1360. The molecule has 3 aromatic rings. The molecule has 2 aliphatic heterocycles. The molecule has 2 aliphatic rings. The summed E-state index contributed by atoms with van der Waals surface area (Å²) in [5, 5.41) is 28.9. The minimum Gasteiger partial charge on any atom is -0.618 e. The van der Waals surface area contributed by atoms with Crippen molar-refractivity contribution in [2.75, 3.05) is 7.11 Å². The molecule has 0 radical (unpaired) electrons. The summed E-state index contributed by atoms with van der Waals surface area (Å²) in [6.07, 6.45) is 1.56. The van der Waals surface area contributed by atoms with Gasteiger partial charge in [-0.1, -0.05) is 24.2 Å². The Morgan fingerprint density at radius 1 is 1.35 bits per heavy atom. The van der Waals surface area contributed by atoms with E-state index >= 15 is 0 Å². The second-order valence-corrected chi connectivity index (χ2v) is 7.57. The number of rotatable bonds is 3. The van der Waals surface area contributed by atoms with Gasteiger partial charge in [-0.15, -0.1) is 0 Å². The summed E-state index contributed by atoms with van der Waals surface area (Å²) in [5.74, 6) is -0.800. The van der Waals surface area contributed by atoms with E-state index in [1.54, 1.807) is 31.2 Å². The van der Waals surface area contributed by atoms with Crippen molar-refractivity contribution in [3.05, 3.63) is 68.1 Å². The van der Waals surface area contributed by atoms with Crippen LogP contribution in [0.15, 0.2) is 40.3 Å². The van der Waals surface area contributed by atoms with Crippen LogP contribution < -0.4 is 10.3 Å². The first-order valence-corrected chi connectivity index (χ1v) is 9.83. The minimum absolute atomic E-state index is 0.0371. The van der Waals surface area contributed by atoms with Gasteiger partial charge in [-0.3, -0.25) is 9.36 Å². The lowest BCUT2D eigenvalue weighted by Crippen LogP contribution is -2.44. The van der Waals surface area contributed by atoms with Crippen LogP contribution in [0.3, 0.4) is 0 Å². The fraction of sp³-hybridized carbons (Fsp3) is 0.273. The molecular formula is C22H19N3O6. The van der Waals surface area contributed by atoms with E-state index in [4.69, 9.17) is 9.57 Å². The minimum atomic E-state index is -1.93. The van der Waals surface area contributed by atoms with Gasteiger partial charge in [0.15, 0.2) is 5.60 Å². The van der Waals surface area contributed by atoms with Crippen molar-refractivity contribution in [2.24, 2.45) is 5.16 Å². The van der Waals surface area contributed by atoms with E-state index < -0.39 is 17.1 Å². The highest BCUT2D eigenvalue weighted by Gasteiger charge is 2.46. The predicted molar refractivity (Wildman–Crippen MR) is 110 cm³/mol. The number of aromatic nitrogens is 2. The monoisotopic (exact) mass is 421 g/mol. The number of aliphatic hydroxyl groups is 1. The van der Waals surface area contributed by atoms with Gasteiger partial charge >= 0.3 is 5.97 Å². The van der Waals surface area contributed by atoms with Gasteiger partial charge in [0.1, 0.15) is 19.4 Å². The molecule has 0 saturated carbocycles. The first-order valence-electron chi connectivity index (χ1n) is 9.83. The summed E-state index contributed by atoms with van der Waals surface area (Å²) in [5.41, 5.74) is 0.381. The third kappa shape index (κ3) is 2.46. The van der Waals surface area contributed by atoms with Crippen molar-refractivity contribution < 1.29 is 24.2 Å². The van der Waals surface area contributed by atoms with Gasteiger partial charge in [-0.05, 0) is 18.6 Å². The number of hydrogen-bond acceptors (Lipinski definition) is 7. The molecule has 31 heavy (non-hydrogen) atoms. The number of pyridine rings is 2. The molecule has 9 nitrogen and oxygen atoms in total. The number of fused-ring (bicyclic) bond motifs is 5. The third-order valence-corrected chi connectivity index (χ3v) is 6.12. The molecule has 0 unspecified atom stereocenters. The summed E-state index contributed by atoms with van der Waals surface area (Å²) < 4.78 is 7.34. The van der Waals surface area contributed by atoms with Crippen molar-refractivity contribution in [3.8, 4) is 11.4 Å². The van der Waals surface area contributed by atoms with Gasteiger partial charge in [0.05, 0.1) is 29.3 Å². The number of carbonyl (C=O) groups excluding carboxylic acids is 1. The molecular weight excluding hydrogens is 402 g/mol. The highest BCUT2D eigenvalue weighted by molar-refractivity contribution is 6.00. The maximum Gasteiger partial charge on any atom is 0.343 e. The highest BCUT2D eigenvalue weighted by atomic mass is 16.6. The van der Waals surface area contributed by atoms with Crippen LogP contribution in [-0.2, 0) is 33.1 Å². The fourth-order valence-corrected chi connectivity index (χ4v) is 4.49. The first kappa shape index (κ1) is 19.3. The molecule has 1 aromatic carbocycles. The van der Waals surface area contributed by atoms with Crippen LogP contribution in [-0.4, -0.2) is 29.0 Å². The molecule has 4 heterocycles. The van der Waals surface area contributed by atoms with E-state index in [1.165, 1.54) is 17.9 Å². The lowest BCUT2D eigenvalue weighted by molar-refractivity contribution is -0.565. The van der Waals surface area contributed by atoms with Crippen LogP contribution in [0.1, 0.15) is 35.6 Å². The number of ether oxygens (including phenoxy) is 1. The average Bonchev–Trinajstić information content (AvgIpc) is 3.17. The second-order valence-electron chi connectivity index (χ2n) is 7.57. The Labute approximate surface area is 176 Å². The van der Waals surface area contributed by atoms with Gasteiger partial charge in [0.25, 0.3) is 5.56 Å². The van der Waals surface area contributed by atoms with E-state index in [9.17, 15) is 19.9 Å². The van der Waals surface area contributed by atoms with Gasteiger partial charge in [-0.2, -0.15) is 4.73 Å². The molecule has 0 bridgehead atoms. The standard InChI is InChI=1S/C22H19N3O6/c1-3-22(28)16-8-18-19-14(10-24(18)20(26)15(16)11-31-21(22)27)13(9-23-30-2)12-6-4-5-7-17(12)25(19)29/h4-9,28H,3,10-11H2,1-2H3/b23-9+/t22-/m0/s1. The van der Waals surface area contributed by atoms with Gasteiger partial charge in [0, 0.05) is 17.2 Å². The van der Waals surface area contributed by atoms with Gasteiger partial charge in [0.2, 0.25) is 11.2 Å². The Morgan fingerprint density at radius 2 is 2.13 bits per heavy atom. The van der Waals surface area contributed by atoms with Gasteiger partial charge < -0.3 is 19.9 Å². The fourth-order valence-electron chi connectivity index (χ4n) is 4.49. The van der Waals surface area contributed by atoms with Crippen molar-refractivity contribution in [2.45, 2.75) is 32.1 Å². The Hall–Kier alpha value is -3.72. The third-order valence-electron chi connectivity index (χ3n) is 6.12. The number of carbonyl (C=O) groups is 1. The predicted octanol–water partition coefficient (Wildman–Crippen LogP) is 1.30. The van der Waals surface area contributed by atoms with E-state index in [0.717, 1.165) is 4.73 Å². The maximum atomic E-state index is 13.4. The van der Waals surface area contributed by atoms with Crippen LogP contribution in [0, 0.1) is 5.21 Å². The first-order chi connectivity index (χ1) is 14.9. The lowest BCUT2D eigenvalue weighted by Gasteiger charge is -2.31. The summed E-state index contributed by atoms with van der Waals surface area (Å²) in [6.45, 7) is 1.56. The molecule has 9 heteroatoms. The number of hydrogen-bond donors (Lipinski definition) is 1. The molecule has 2 aromatic heterocycles. The quantitative estimate of drug-likeness (QED) is 0.175. The molecule has 0 spiro atoms. The summed E-state index contributed by atoms with van der Waals surface area (Å²) in [7, 11) is 1.42. The second kappa shape index (κ2) is 6.64. The molecule has 158 valence electrons. The number of oxime groups is 1. The maximum absolute atomic E-state index is 13.4. The molecule has 0 saturated heterocycles. The summed E-state index contributed by atoms with van der Waals surface area (Å²) in [6, 6.07) is 8.62. The molecule has 0 aliphatic carbocycles. The highest BCUT2D eigenvalue weighted by Crippen LogP contribution is 2.39. The zero-order valence-electron chi connectivity index (χ0n) is 16.9. The molecule has 5 rings (SSSR count). The number of esters is 1. The average molecular weight is 421 g/mol. The number of benzene rings is 1. The SMILES string of the molecule is CC[C@@]1(O)C(=O)OCc2c1cc1n(c2=O)Cc2c(/C=N/OC)c3ccccc3[n+]([O-])c2-1. The Morgan fingerprint density at radius 3 is 2.87 bits per heavy atom. The van der Waals surface area contributed by atoms with Crippen molar-refractivity contribution in [1.29, 1.82) is 0 Å². The van der Waals surface area contributed by atoms with E-state index in [1.807, 2.05) is 6.07 Å². The van der Waals surface area contributed by atoms with Crippen LogP contribution in [0.25, 0.3) is 22.3 Å². The van der Waals surface area contributed by atoms with Crippen LogP contribution >= 0.6 is 0 Å². The summed E-state index contributed by atoms with van der Waals surface area (Å²) in [4.78, 5) is 30.5. The van der Waals surface area contributed by atoms with E-state index in [-0.39, 0.29) is 36.4 Å². The molecule has 0 fully saturated rings. The normalized spacial score (nSPS) is 19.3. The number of para-hydroxylation sites is 1. The van der Waals surface area contributed by atoms with Crippen molar-refractivity contribution >= 4 is 23.1 Å². The van der Waals surface area contributed by atoms with Crippen molar-refractivity contribution in [3.63, 3.8) is 0 Å². The van der Waals surface area contributed by atoms with Gasteiger partial charge in [-0.25, -0.2) is 4.79 Å². The zero-order chi connectivity index (χ0) is 21.9. The molecule has 1 atom stereocenters. The molecule has 1 N–H and O–H groups in total. The summed E-state index contributed by atoms with van der Waals surface area (Å²) >= 11 is 0. The van der Waals surface area contributed by atoms with E-state index in [2.05, 4.69) is 5.16 Å². The number of cyclic esters (lactones) is 1. The van der Waals surface area contributed by atoms with Crippen molar-refractivity contribution in [1.82, 2.24) is 4.57 Å². The Balaban J connectivity index is 1.88. The number of nitrogens with zero attached hydrogens (tertiary/aromatic N) is 3. The van der Waals surface area contributed by atoms with E-state index in [0.29, 0.717) is 27.7 Å². The topological polar surface area (TPSA) is 117 Å². The van der Waals surface area contributed by atoms with Crippen LogP contribution in [0.5, 0.6) is 0 Å². The van der Waals surface area contributed by atoms with Crippen LogP contribution in [0.2, 0.25) is 0 Å². The zero-order valence-corrected chi connectivity index (χ0v) is 16.9. The lowest BCUT2D eigenvalue weighted by atomic mass is 9.86.